The number of aliphatic hydroxyl groups excluding tert-OH is 1. The first-order valence-corrected chi connectivity index (χ1v) is 12.5. The van der Waals surface area contributed by atoms with Crippen molar-refractivity contribution >= 4 is 39.1 Å². The summed E-state index contributed by atoms with van der Waals surface area (Å²) in [5.74, 6) is -0.194. The molecule has 1 heterocycles. The summed E-state index contributed by atoms with van der Waals surface area (Å²) in [6, 6.07) is 19.0. The van der Waals surface area contributed by atoms with Crippen LogP contribution in [0.4, 0.5) is 5.69 Å². The van der Waals surface area contributed by atoms with Crippen molar-refractivity contribution in [2.24, 2.45) is 0 Å². The van der Waals surface area contributed by atoms with Gasteiger partial charge in [-0.15, -0.1) is 0 Å². The lowest BCUT2D eigenvalue weighted by atomic mass is 9.94. The van der Waals surface area contributed by atoms with Crippen LogP contribution in [-0.4, -0.2) is 30.5 Å². The Morgan fingerprint density at radius 3 is 2.39 bits per heavy atom. The molecule has 1 amide bonds. The average molecular weight is 550 g/mol. The molecule has 0 bridgehead atoms. The van der Waals surface area contributed by atoms with Gasteiger partial charge in [0.1, 0.15) is 17.3 Å². The molecule has 3 aromatic rings. The van der Waals surface area contributed by atoms with Crippen LogP contribution < -0.4 is 14.4 Å². The summed E-state index contributed by atoms with van der Waals surface area (Å²) < 4.78 is 11.6. The normalized spacial score (nSPS) is 17.1. The number of ketones is 1. The highest BCUT2D eigenvalue weighted by atomic mass is 79.9. The summed E-state index contributed by atoms with van der Waals surface area (Å²) in [4.78, 5) is 28.3. The Bertz CT molecular complexity index is 1330. The van der Waals surface area contributed by atoms with Gasteiger partial charge in [0, 0.05) is 11.3 Å². The maximum Gasteiger partial charge on any atom is 0.300 e. The van der Waals surface area contributed by atoms with E-state index < -0.39 is 17.7 Å². The summed E-state index contributed by atoms with van der Waals surface area (Å²) in [7, 11) is 1.54. The molecule has 1 unspecified atom stereocenters. The number of carbonyl (C=O) groups is 2. The summed E-state index contributed by atoms with van der Waals surface area (Å²) in [5, 5.41) is 11.4. The van der Waals surface area contributed by atoms with Gasteiger partial charge in [0.2, 0.25) is 0 Å². The van der Waals surface area contributed by atoms with Gasteiger partial charge >= 0.3 is 0 Å². The van der Waals surface area contributed by atoms with E-state index in [1.165, 1.54) is 4.90 Å². The molecule has 1 aliphatic rings. The number of methoxy groups -OCH3 is 1. The molecule has 0 spiro atoms. The van der Waals surface area contributed by atoms with E-state index in [1.54, 1.807) is 31.4 Å². The second-order valence-electron chi connectivity index (χ2n) is 8.77. The number of halogens is 1. The maximum absolute atomic E-state index is 13.4. The smallest absolute Gasteiger partial charge is 0.300 e. The van der Waals surface area contributed by atoms with Gasteiger partial charge in [0.05, 0.1) is 29.8 Å². The van der Waals surface area contributed by atoms with Crippen LogP contribution in [0.2, 0.25) is 0 Å². The zero-order valence-corrected chi connectivity index (χ0v) is 22.2. The van der Waals surface area contributed by atoms with Crippen molar-refractivity contribution in [3.05, 3.63) is 93.5 Å². The molecule has 7 heteroatoms. The van der Waals surface area contributed by atoms with Crippen molar-refractivity contribution in [3.63, 3.8) is 0 Å². The maximum atomic E-state index is 13.4. The average Bonchev–Trinajstić information content (AvgIpc) is 3.14. The van der Waals surface area contributed by atoms with Crippen molar-refractivity contribution in [1.82, 2.24) is 0 Å². The first-order valence-electron chi connectivity index (χ1n) is 11.7. The number of nitrogens with zero attached hydrogens (tertiary/aromatic N) is 1. The summed E-state index contributed by atoms with van der Waals surface area (Å²) in [6.07, 6.45) is 0. The van der Waals surface area contributed by atoms with E-state index in [0.29, 0.717) is 45.3 Å². The van der Waals surface area contributed by atoms with E-state index in [0.717, 1.165) is 5.56 Å². The number of amides is 1. The quantitative estimate of drug-likeness (QED) is 0.204. The van der Waals surface area contributed by atoms with Gasteiger partial charge in [0.25, 0.3) is 11.7 Å². The molecule has 4 rings (SSSR count). The Labute approximate surface area is 219 Å². The number of benzene rings is 3. The Morgan fingerprint density at radius 2 is 1.78 bits per heavy atom. The van der Waals surface area contributed by atoms with E-state index in [4.69, 9.17) is 9.47 Å². The molecule has 36 heavy (non-hydrogen) atoms. The van der Waals surface area contributed by atoms with Crippen LogP contribution in [0.25, 0.3) is 5.76 Å². The summed E-state index contributed by atoms with van der Waals surface area (Å²) >= 11 is 3.43. The SMILES string of the molecule is CCOc1cccc(C2/C(=C(\O)c3ccc(OC)c(Br)c3)C(=O)C(=O)N2c2ccc(C(C)C)cc2)c1. The lowest BCUT2D eigenvalue weighted by molar-refractivity contribution is -0.132. The van der Waals surface area contributed by atoms with Crippen LogP contribution in [-0.2, 0) is 9.59 Å². The van der Waals surface area contributed by atoms with Crippen LogP contribution in [0.3, 0.4) is 0 Å². The molecule has 1 saturated heterocycles. The van der Waals surface area contributed by atoms with Crippen LogP contribution >= 0.6 is 15.9 Å². The molecule has 1 fully saturated rings. The number of ether oxygens (including phenoxy) is 2. The fraction of sp³-hybridized carbons (Fsp3) is 0.241. The second-order valence-corrected chi connectivity index (χ2v) is 9.62. The molecule has 0 aliphatic carbocycles. The fourth-order valence-electron chi connectivity index (χ4n) is 4.34. The molecule has 6 nitrogen and oxygen atoms in total. The minimum Gasteiger partial charge on any atom is -0.507 e. The van der Waals surface area contributed by atoms with Gasteiger partial charge in [-0.25, -0.2) is 0 Å². The predicted octanol–water partition coefficient (Wildman–Crippen LogP) is 6.61. The standard InChI is InChI=1S/C29H28BrNO5/c1-5-36-22-8-6-7-19(15-22)26-25(27(32)20-11-14-24(35-4)23(30)16-20)28(33)29(34)31(26)21-12-9-18(10-13-21)17(2)3/h6-17,26,32H,5H2,1-4H3/b27-25+. The highest BCUT2D eigenvalue weighted by Gasteiger charge is 2.47. The summed E-state index contributed by atoms with van der Waals surface area (Å²) in [6.45, 7) is 6.54. The Balaban J connectivity index is 1.91. The van der Waals surface area contributed by atoms with E-state index >= 15 is 0 Å². The first kappa shape index (κ1) is 25.5. The Hall–Kier alpha value is -3.58. The molecular weight excluding hydrogens is 522 g/mol. The zero-order chi connectivity index (χ0) is 26.0. The lowest BCUT2D eigenvalue weighted by Crippen LogP contribution is -2.29. The predicted molar refractivity (Wildman–Crippen MR) is 144 cm³/mol. The van der Waals surface area contributed by atoms with Gasteiger partial charge in [-0.3, -0.25) is 14.5 Å². The molecule has 3 aromatic carbocycles. The van der Waals surface area contributed by atoms with Crippen molar-refractivity contribution < 1.29 is 24.2 Å². The van der Waals surface area contributed by atoms with Gasteiger partial charge in [-0.1, -0.05) is 38.1 Å². The third-order valence-corrected chi connectivity index (χ3v) is 6.81. The molecule has 1 N–H and O–H groups in total. The Kier molecular flexibility index (Phi) is 7.50. The highest BCUT2D eigenvalue weighted by Crippen LogP contribution is 2.43. The third-order valence-electron chi connectivity index (χ3n) is 6.19. The monoisotopic (exact) mass is 549 g/mol. The Morgan fingerprint density at radius 1 is 1.06 bits per heavy atom. The number of Topliss-reactive ketones (excluding diaryl/α,β-unsaturated/α-hetero) is 1. The summed E-state index contributed by atoms with van der Waals surface area (Å²) in [5.41, 5.74) is 2.75. The molecule has 1 atom stereocenters. The van der Waals surface area contributed by atoms with Crippen molar-refractivity contribution in [2.75, 3.05) is 18.6 Å². The number of anilines is 1. The van der Waals surface area contributed by atoms with Crippen LogP contribution in [0.1, 0.15) is 49.4 Å². The fourth-order valence-corrected chi connectivity index (χ4v) is 4.88. The van der Waals surface area contributed by atoms with E-state index in [1.807, 2.05) is 49.4 Å². The van der Waals surface area contributed by atoms with Crippen LogP contribution in [0, 0.1) is 0 Å². The minimum absolute atomic E-state index is 0.0126. The second kappa shape index (κ2) is 10.6. The van der Waals surface area contributed by atoms with Gasteiger partial charge in [-0.05, 0) is 82.4 Å². The molecule has 0 aromatic heterocycles. The first-order chi connectivity index (χ1) is 17.3. The van der Waals surface area contributed by atoms with E-state index in [-0.39, 0.29) is 11.3 Å². The van der Waals surface area contributed by atoms with Crippen molar-refractivity contribution in [1.29, 1.82) is 0 Å². The number of carbonyl (C=O) groups excluding carboxylic acids is 2. The number of aliphatic hydroxyl groups is 1. The number of hydrogen-bond acceptors (Lipinski definition) is 5. The topological polar surface area (TPSA) is 76.1 Å². The largest absolute Gasteiger partial charge is 0.507 e. The molecule has 0 radical (unpaired) electrons. The van der Waals surface area contributed by atoms with E-state index in [9.17, 15) is 14.7 Å². The number of rotatable bonds is 7. The molecule has 1 aliphatic heterocycles. The highest BCUT2D eigenvalue weighted by molar-refractivity contribution is 9.10. The minimum atomic E-state index is -0.837. The lowest BCUT2D eigenvalue weighted by Gasteiger charge is -2.26. The van der Waals surface area contributed by atoms with Crippen LogP contribution in [0.5, 0.6) is 11.5 Å². The molecule has 186 valence electrons. The third kappa shape index (κ3) is 4.75. The zero-order valence-electron chi connectivity index (χ0n) is 20.6. The molecular formula is C29H28BrNO5. The van der Waals surface area contributed by atoms with Gasteiger partial charge < -0.3 is 14.6 Å². The van der Waals surface area contributed by atoms with Gasteiger partial charge in [-0.2, -0.15) is 0 Å². The number of hydrogen-bond donors (Lipinski definition) is 1. The van der Waals surface area contributed by atoms with Crippen LogP contribution in [0.15, 0.2) is 76.8 Å². The van der Waals surface area contributed by atoms with Gasteiger partial charge in [0.15, 0.2) is 0 Å². The van der Waals surface area contributed by atoms with Crippen molar-refractivity contribution in [2.45, 2.75) is 32.7 Å². The molecule has 0 saturated carbocycles. The van der Waals surface area contributed by atoms with Crippen molar-refractivity contribution in [3.8, 4) is 11.5 Å². The van der Waals surface area contributed by atoms with E-state index in [2.05, 4.69) is 29.8 Å².